The molecule has 1 fully saturated rings. The summed E-state index contributed by atoms with van der Waals surface area (Å²) in [7, 11) is 1.76. The molecule has 0 bridgehead atoms. The first-order valence-corrected chi connectivity index (χ1v) is 10.3. The van der Waals surface area contributed by atoms with E-state index in [1.807, 2.05) is 6.26 Å². The molecule has 5 heteroatoms. The Bertz CT molecular complexity index is 925. The highest BCUT2D eigenvalue weighted by Gasteiger charge is 2.47. The Morgan fingerprint density at radius 3 is 2.96 bits per heavy atom. The minimum absolute atomic E-state index is 0.230. The van der Waals surface area contributed by atoms with Crippen molar-refractivity contribution in [2.45, 2.75) is 39.0 Å². The molecule has 0 saturated carbocycles. The van der Waals surface area contributed by atoms with Gasteiger partial charge in [-0.3, -0.25) is 9.88 Å². The lowest BCUT2D eigenvalue weighted by Gasteiger charge is -2.45. The van der Waals surface area contributed by atoms with Crippen LogP contribution in [0.5, 0.6) is 5.75 Å². The summed E-state index contributed by atoms with van der Waals surface area (Å²) in [5.74, 6) is 2.00. The molecule has 0 radical (unpaired) electrons. The number of benzene rings is 1. The molecule has 5 nitrogen and oxygen atoms in total. The minimum atomic E-state index is 0.230. The molecule has 3 aliphatic rings. The summed E-state index contributed by atoms with van der Waals surface area (Å²) < 4.78 is 17.6. The van der Waals surface area contributed by atoms with Crippen molar-refractivity contribution in [3.63, 3.8) is 0 Å². The van der Waals surface area contributed by atoms with E-state index < -0.39 is 0 Å². The first-order valence-electron chi connectivity index (χ1n) is 10.3. The van der Waals surface area contributed by atoms with Crippen LogP contribution in [0.1, 0.15) is 37.6 Å². The van der Waals surface area contributed by atoms with Gasteiger partial charge in [0.25, 0.3) is 0 Å². The largest absolute Gasteiger partial charge is 0.498 e. The Balaban J connectivity index is 1.57. The monoisotopic (exact) mass is 380 g/mol. The van der Waals surface area contributed by atoms with Crippen molar-refractivity contribution >= 4 is 10.9 Å². The van der Waals surface area contributed by atoms with E-state index in [1.54, 1.807) is 7.11 Å². The summed E-state index contributed by atoms with van der Waals surface area (Å²) in [5, 5.41) is 1.12. The van der Waals surface area contributed by atoms with Gasteiger partial charge in [-0.2, -0.15) is 0 Å². The third kappa shape index (κ3) is 2.72. The lowest BCUT2D eigenvalue weighted by molar-refractivity contribution is -0.0220. The summed E-state index contributed by atoms with van der Waals surface area (Å²) in [6.07, 6.45) is 3.24. The number of aromatic nitrogens is 1. The second kappa shape index (κ2) is 7.05. The molecule has 3 aliphatic heterocycles. The number of piperidine rings is 1. The molecule has 5 rings (SSSR count). The fraction of sp³-hybridized carbons (Fsp3) is 0.522. The van der Waals surface area contributed by atoms with Gasteiger partial charge in [-0.1, -0.05) is 12.1 Å². The maximum Gasteiger partial charge on any atom is 0.135 e. The van der Waals surface area contributed by atoms with Crippen LogP contribution in [0.15, 0.2) is 36.1 Å². The maximum absolute atomic E-state index is 6.14. The van der Waals surface area contributed by atoms with Crippen LogP contribution in [0.4, 0.5) is 0 Å². The molecule has 1 aromatic carbocycles. The molecule has 0 N–H and O–H groups in total. The Morgan fingerprint density at radius 2 is 2.14 bits per heavy atom. The highest BCUT2D eigenvalue weighted by Crippen LogP contribution is 2.50. The van der Waals surface area contributed by atoms with Crippen molar-refractivity contribution < 1.29 is 14.2 Å². The summed E-state index contributed by atoms with van der Waals surface area (Å²) in [4.78, 5) is 7.69. The third-order valence-corrected chi connectivity index (χ3v) is 6.64. The molecular formula is C23H28N2O3. The van der Waals surface area contributed by atoms with E-state index in [0.717, 1.165) is 36.2 Å². The quantitative estimate of drug-likeness (QED) is 0.800. The fourth-order valence-corrected chi connectivity index (χ4v) is 5.32. The summed E-state index contributed by atoms with van der Waals surface area (Å²) in [5.41, 5.74) is 4.79. The van der Waals surface area contributed by atoms with Crippen LogP contribution in [0, 0.1) is 11.8 Å². The van der Waals surface area contributed by atoms with Gasteiger partial charge in [-0.25, -0.2) is 0 Å². The highest BCUT2D eigenvalue weighted by molar-refractivity contribution is 5.87. The number of para-hydroxylation sites is 1. The van der Waals surface area contributed by atoms with E-state index in [2.05, 4.69) is 43.0 Å². The molecule has 1 saturated heterocycles. The first kappa shape index (κ1) is 18.0. The SMILES string of the molecule is CCOc1c2c(nc3ccccc13)[C@@H]1C[C@@H]3C(COC)=CO[C@@H](C)[C@@H]3CN1C2. The first-order chi connectivity index (χ1) is 13.7. The van der Waals surface area contributed by atoms with Gasteiger partial charge in [0.1, 0.15) is 5.75 Å². The second-order valence-electron chi connectivity index (χ2n) is 8.17. The van der Waals surface area contributed by atoms with Crippen LogP contribution in [0.3, 0.4) is 0 Å². The van der Waals surface area contributed by atoms with Crippen LogP contribution in [0.25, 0.3) is 10.9 Å². The van der Waals surface area contributed by atoms with Gasteiger partial charge in [0.15, 0.2) is 0 Å². The van der Waals surface area contributed by atoms with Gasteiger partial charge in [-0.05, 0) is 43.9 Å². The molecule has 2 aromatic rings. The average molecular weight is 380 g/mol. The Morgan fingerprint density at radius 1 is 1.29 bits per heavy atom. The number of hydrogen-bond donors (Lipinski definition) is 0. The van der Waals surface area contributed by atoms with E-state index >= 15 is 0 Å². The van der Waals surface area contributed by atoms with Gasteiger partial charge in [0, 0.05) is 37.1 Å². The number of pyridine rings is 1. The molecular weight excluding hydrogens is 352 g/mol. The fourth-order valence-electron chi connectivity index (χ4n) is 5.32. The minimum Gasteiger partial charge on any atom is -0.498 e. The van der Waals surface area contributed by atoms with Crippen LogP contribution in [-0.2, 0) is 16.0 Å². The lowest BCUT2D eigenvalue weighted by atomic mass is 9.74. The molecule has 28 heavy (non-hydrogen) atoms. The molecule has 0 spiro atoms. The molecule has 0 unspecified atom stereocenters. The number of methoxy groups -OCH3 is 1. The second-order valence-corrected chi connectivity index (χ2v) is 8.17. The van der Waals surface area contributed by atoms with Gasteiger partial charge in [-0.15, -0.1) is 0 Å². The van der Waals surface area contributed by atoms with Gasteiger partial charge in [0.05, 0.1) is 42.8 Å². The van der Waals surface area contributed by atoms with Crippen molar-refractivity contribution in [3.8, 4) is 5.75 Å². The Hall–Kier alpha value is -2.11. The van der Waals surface area contributed by atoms with Crippen LogP contribution in [-0.4, -0.2) is 42.9 Å². The lowest BCUT2D eigenvalue weighted by Crippen LogP contribution is -2.47. The van der Waals surface area contributed by atoms with E-state index in [0.29, 0.717) is 31.1 Å². The Kier molecular flexibility index (Phi) is 4.52. The topological polar surface area (TPSA) is 43.8 Å². The van der Waals surface area contributed by atoms with Crippen molar-refractivity contribution in [2.75, 3.05) is 26.9 Å². The van der Waals surface area contributed by atoms with Gasteiger partial charge < -0.3 is 14.2 Å². The van der Waals surface area contributed by atoms with Crippen LogP contribution in [0.2, 0.25) is 0 Å². The highest BCUT2D eigenvalue weighted by atomic mass is 16.5. The average Bonchev–Trinajstić information content (AvgIpc) is 3.07. The zero-order valence-corrected chi connectivity index (χ0v) is 16.9. The van der Waals surface area contributed by atoms with Crippen molar-refractivity contribution in [2.24, 2.45) is 11.8 Å². The third-order valence-electron chi connectivity index (χ3n) is 6.64. The van der Waals surface area contributed by atoms with E-state index in [-0.39, 0.29) is 6.10 Å². The molecule has 4 heterocycles. The van der Waals surface area contributed by atoms with Crippen LogP contribution < -0.4 is 4.74 Å². The van der Waals surface area contributed by atoms with Gasteiger partial charge in [0.2, 0.25) is 0 Å². The molecule has 1 aromatic heterocycles. The van der Waals surface area contributed by atoms with Crippen molar-refractivity contribution in [1.82, 2.24) is 9.88 Å². The van der Waals surface area contributed by atoms with Gasteiger partial charge >= 0.3 is 0 Å². The number of rotatable bonds is 4. The van der Waals surface area contributed by atoms with E-state index in [1.165, 1.54) is 16.8 Å². The van der Waals surface area contributed by atoms with Crippen LogP contribution >= 0.6 is 0 Å². The van der Waals surface area contributed by atoms with Crippen molar-refractivity contribution in [1.29, 1.82) is 0 Å². The smallest absolute Gasteiger partial charge is 0.135 e. The predicted octanol–water partition coefficient (Wildman–Crippen LogP) is 4.08. The van der Waals surface area contributed by atoms with E-state index in [9.17, 15) is 0 Å². The summed E-state index contributed by atoms with van der Waals surface area (Å²) in [6, 6.07) is 8.68. The summed E-state index contributed by atoms with van der Waals surface area (Å²) in [6.45, 7) is 7.49. The Labute approximate surface area is 166 Å². The molecule has 0 aliphatic carbocycles. The number of fused-ring (bicyclic) bond motifs is 5. The summed E-state index contributed by atoms with van der Waals surface area (Å²) >= 11 is 0. The van der Waals surface area contributed by atoms with E-state index in [4.69, 9.17) is 19.2 Å². The number of hydrogen-bond acceptors (Lipinski definition) is 5. The number of nitrogens with zero attached hydrogens (tertiary/aromatic N) is 2. The predicted molar refractivity (Wildman–Crippen MR) is 108 cm³/mol. The van der Waals surface area contributed by atoms with Crippen molar-refractivity contribution in [3.05, 3.63) is 47.4 Å². The molecule has 4 atom stereocenters. The zero-order valence-electron chi connectivity index (χ0n) is 16.9. The normalized spacial score (nSPS) is 28.9. The number of ether oxygens (including phenoxy) is 3. The molecule has 0 amide bonds. The zero-order chi connectivity index (χ0) is 19.3. The standard InChI is InChI=1S/C23H28N2O3/c1-4-27-23-16-7-5-6-8-20(16)24-22-19(23)11-25-10-18-14(2)28-13-15(12-26-3)17(18)9-21(22)25/h5-8,13-14,17-18,21H,4,9-12H2,1-3H3/t14-,17+,18-,21-/m0/s1. The maximum atomic E-state index is 6.14. The molecule has 148 valence electrons.